The third-order valence-electron chi connectivity index (χ3n) is 10.2. The lowest BCUT2D eigenvalue weighted by Gasteiger charge is -2.29. The zero-order valence-corrected chi connectivity index (χ0v) is 28.5. The molecule has 2 nitrogen and oxygen atoms in total. The number of benzene rings is 8. The number of para-hydroxylation sites is 3. The van der Waals surface area contributed by atoms with Gasteiger partial charge < -0.3 is 9.47 Å². The largest absolute Gasteiger partial charge is 0.307 e. The Labute approximate surface area is 296 Å². The smallest absolute Gasteiger partial charge is 0.0782 e. The summed E-state index contributed by atoms with van der Waals surface area (Å²) in [6, 6.07) is 62.4. The summed E-state index contributed by atoms with van der Waals surface area (Å²) < 4.78 is 7.68. The average Bonchev–Trinajstić information content (AvgIpc) is 3.86. The first-order chi connectivity index (χ1) is 24.8. The molecular formula is C46H28N2S2. The molecule has 0 radical (unpaired) electrons. The van der Waals surface area contributed by atoms with Gasteiger partial charge in [-0.25, -0.2) is 0 Å². The second-order valence-corrected chi connectivity index (χ2v) is 15.0. The quantitative estimate of drug-likeness (QED) is 0.181. The van der Waals surface area contributed by atoms with Crippen LogP contribution >= 0.6 is 22.7 Å². The van der Waals surface area contributed by atoms with Crippen LogP contribution in [0.2, 0.25) is 0 Å². The molecule has 0 aliphatic heterocycles. The summed E-state index contributed by atoms with van der Waals surface area (Å²) in [6.45, 7) is 0. The van der Waals surface area contributed by atoms with E-state index in [0.29, 0.717) is 0 Å². The minimum Gasteiger partial charge on any atom is -0.307 e. The van der Waals surface area contributed by atoms with Crippen molar-refractivity contribution in [3.63, 3.8) is 0 Å². The van der Waals surface area contributed by atoms with Gasteiger partial charge in [-0.05, 0) is 66.0 Å². The van der Waals surface area contributed by atoms with Gasteiger partial charge in [0.05, 0.1) is 28.1 Å². The van der Waals surface area contributed by atoms with E-state index in [1.54, 1.807) is 0 Å². The average molecular weight is 673 g/mol. The van der Waals surface area contributed by atoms with E-state index >= 15 is 0 Å². The number of hydrogen-bond acceptors (Lipinski definition) is 3. The van der Waals surface area contributed by atoms with Crippen molar-refractivity contribution in [2.45, 2.75) is 0 Å². The molecule has 0 fully saturated rings. The molecule has 3 aromatic heterocycles. The van der Waals surface area contributed by atoms with E-state index in [1.807, 2.05) is 22.7 Å². The zero-order chi connectivity index (χ0) is 32.8. The van der Waals surface area contributed by atoms with Gasteiger partial charge in [0.25, 0.3) is 0 Å². The fourth-order valence-electron chi connectivity index (χ4n) is 8.12. The number of anilines is 3. The zero-order valence-electron chi connectivity index (χ0n) is 26.9. The van der Waals surface area contributed by atoms with Crippen molar-refractivity contribution in [2.24, 2.45) is 0 Å². The molecule has 50 heavy (non-hydrogen) atoms. The first-order valence-electron chi connectivity index (χ1n) is 16.9. The van der Waals surface area contributed by atoms with Crippen molar-refractivity contribution in [3.8, 4) is 5.69 Å². The normalized spacial score (nSPS) is 12.0. The molecule has 11 rings (SSSR count). The lowest BCUT2D eigenvalue weighted by molar-refractivity contribution is 1.17. The van der Waals surface area contributed by atoms with Crippen LogP contribution in [0.15, 0.2) is 170 Å². The summed E-state index contributed by atoms with van der Waals surface area (Å²) in [6.07, 6.45) is 0. The number of thiophene rings is 2. The second kappa shape index (κ2) is 10.8. The van der Waals surface area contributed by atoms with Crippen LogP contribution in [0.25, 0.3) is 78.6 Å². The number of aromatic nitrogens is 1. The lowest BCUT2D eigenvalue weighted by Crippen LogP contribution is -2.12. The number of nitrogens with zero attached hydrogens (tertiary/aromatic N) is 2. The highest BCUT2D eigenvalue weighted by atomic mass is 32.1. The minimum atomic E-state index is 1.15. The van der Waals surface area contributed by atoms with E-state index in [0.717, 1.165) is 11.4 Å². The molecule has 0 saturated carbocycles. The Morgan fingerprint density at radius 3 is 1.70 bits per heavy atom. The Morgan fingerprint density at radius 2 is 0.900 bits per heavy atom. The lowest BCUT2D eigenvalue weighted by atomic mass is 10.0. The van der Waals surface area contributed by atoms with Crippen molar-refractivity contribution in [1.82, 2.24) is 4.57 Å². The molecule has 0 unspecified atom stereocenters. The van der Waals surface area contributed by atoms with Crippen molar-refractivity contribution >= 4 is 113 Å². The Morgan fingerprint density at radius 1 is 0.340 bits per heavy atom. The Balaban J connectivity index is 1.32. The maximum Gasteiger partial charge on any atom is 0.0782 e. The highest BCUT2D eigenvalue weighted by Crippen LogP contribution is 2.50. The highest BCUT2D eigenvalue weighted by molar-refractivity contribution is 7.26. The van der Waals surface area contributed by atoms with Crippen molar-refractivity contribution in [2.75, 3.05) is 4.90 Å². The van der Waals surface area contributed by atoms with Crippen molar-refractivity contribution in [1.29, 1.82) is 0 Å². The molecule has 8 aromatic carbocycles. The molecular weight excluding hydrogens is 645 g/mol. The summed E-state index contributed by atoms with van der Waals surface area (Å²) in [5.74, 6) is 0. The standard InChI is InChI=1S/C46H28N2S2/c1-2-13-29(14-3-1)47-36-20-7-4-15-30(36)33-19-11-23-39(46(33)47)48(38-22-12-26-42-45(38)35-17-6-9-25-41(35)49-42)37-21-10-18-32-31(37)27-28-43-44(32)34-16-5-8-24-40(34)50-43/h1-28H. The number of fused-ring (bicyclic) bond motifs is 11. The summed E-state index contributed by atoms with van der Waals surface area (Å²) in [5, 5.41) is 10.2. The summed E-state index contributed by atoms with van der Waals surface area (Å²) in [5.41, 5.74) is 7.03. The maximum absolute atomic E-state index is 2.55. The second-order valence-electron chi connectivity index (χ2n) is 12.9. The van der Waals surface area contributed by atoms with Crippen LogP contribution in [0.5, 0.6) is 0 Å². The van der Waals surface area contributed by atoms with E-state index < -0.39 is 0 Å². The van der Waals surface area contributed by atoms with Crippen LogP contribution in [0.4, 0.5) is 17.1 Å². The van der Waals surface area contributed by atoms with Gasteiger partial charge in [-0.1, -0.05) is 109 Å². The molecule has 0 aliphatic rings. The number of hydrogen-bond donors (Lipinski definition) is 0. The van der Waals surface area contributed by atoms with Gasteiger partial charge in [0.15, 0.2) is 0 Å². The van der Waals surface area contributed by atoms with Gasteiger partial charge >= 0.3 is 0 Å². The van der Waals surface area contributed by atoms with E-state index in [4.69, 9.17) is 0 Å². The molecule has 0 aliphatic carbocycles. The first kappa shape index (κ1) is 28.0. The number of rotatable bonds is 4. The molecule has 234 valence electrons. The molecule has 0 N–H and O–H groups in total. The molecule has 0 spiro atoms. The predicted molar refractivity (Wildman–Crippen MR) is 219 cm³/mol. The van der Waals surface area contributed by atoms with Crippen LogP contribution in [0.3, 0.4) is 0 Å². The molecule has 0 atom stereocenters. The third kappa shape index (κ3) is 3.95. The third-order valence-corrected chi connectivity index (χ3v) is 12.4. The van der Waals surface area contributed by atoms with Crippen LogP contribution in [-0.4, -0.2) is 4.57 Å². The highest BCUT2D eigenvalue weighted by Gasteiger charge is 2.25. The molecule has 0 bridgehead atoms. The van der Waals surface area contributed by atoms with E-state index in [2.05, 4.69) is 179 Å². The monoisotopic (exact) mass is 672 g/mol. The van der Waals surface area contributed by atoms with Gasteiger partial charge in [-0.15, -0.1) is 22.7 Å². The van der Waals surface area contributed by atoms with Crippen molar-refractivity contribution < 1.29 is 0 Å². The fourth-order valence-corrected chi connectivity index (χ4v) is 10.4. The van der Waals surface area contributed by atoms with Gasteiger partial charge in [0, 0.05) is 62.2 Å². The van der Waals surface area contributed by atoms with E-state index in [1.165, 1.54) is 84.3 Å². The van der Waals surface area contributed by atoms with Crippen LogP contribution < -0.4 is 4.90 Å². The first-order valence-corrected chi connectivity index (χ1v) is 18.6. The Kier molecular flexibility index (Phi) is 6.03. The van der Waals surface area contributed by atoms with Crippen molar-refractivity contribution in [3.05, 3.63) is 170 Å². The SMILES string of the molecule is c1ccc(-n2c3ccccc3c3cccc(N(c4cccc5c4ccc4sc6ccccc6c45)c4cccc5sc6ccccc6c45)c32)cc1. The van der Waals surface area contributed by atoms with E-state index in [-0.39, 0.29) is 0 Å². The topological polar surface area (TPSA) is 8.17 Å². The maximum atomic E-state index is 2.55. The van der Waals surface area contributed by atoms with Crippen LogP contribution in [0, 0.1) is 0 Å². The molecule has 0 saturated heterocycles. The van der Waals surface area contributed by atoms with Gasteiger partial charge in [0.2, 0.25) is 0 Å². The van der Waals surface area contributed by atoms with Gasteiger partial charge in [-0.3, -0.25) is 0 Å². The molecule has 0 amide bonds. The van der Waals surface area contributed by atoms with Crippen LogP contribution in [-0.2, 0) is 0 Å². The molecule has 3 heterocycles. The Bertz CT molecular complexity index is 3110. The molecule has 11 aromatic rings. The van der Waals surface area contributed by atoms with Gasteiger partial charge in [-0.2, -0.15) is 0 Å². The predicted octanol–water partition coefficient (Wildman–Crippen LogP) is 14.1. The van der Waals surface area contributed by atoms with Crippen LogP contribution in [0.1, 0.15) is 0 Å². The summed E-state index contributed by atoms with van der Waals surface area (Å²) in [4.78, 5) is 2.55. The van der Waals surface area contributed by atoms with Gasteiger partial charge in [0.1, 0.15) is 0 Å². The van der Waals surface area contributed by atoms with E-state index in [9.17, 15) is 0 Å². The summed E-state index contributed by atoms with van der Waals surface area (Å²) in [7, 11) is 0. The fraction of sp³-hybridized carbons (Fsp3) is 0. The Hall–Kier alpha value is -5.94. The summed E-state index contributed by atoms with van der Waals surface area (Å²) >= 11 is 3.74. The molecule has 4 heteroatoms. The minimum absolute atomic E-state index is 1.15.